The molecule has 1 saturated carbocycles. The van der Waals surface area contributed by atoms with Crippen LogP contribution in [0.3, 0.4) is 0 Å². The molecule has 4 heteroatoms. The van der Waals surface area contributed by atoms with Crippen LogP contribution < -0.4 is 10.6 Å². The molecule has 0 aliphatic heterocycles. The standard InChI is InChI=1S/C16H19N3S/c1-11-2-5-14(16(17)18)15(8-11)19(13-3-4-13)9-12-6-7-20-10-12/h2,5-8,10,13H,3-4,9H2,1H3,(H3,17,18). The van der Waals surface area contributed by atoms with Crippen LogP contribution in [0.2, 0.25) is 0 Å². The summed E-state index contributed by atoms with van der Waals surface area (Å²) < 4.78 is 0. The summed E-state index contributed by atoms with van der Waals surface area (Å²) in [6.45, 7) is 2.99. The number of nitrogens with zero attached hydrogens (tertiary/aromatic N) is 1. The van der Waals surface area contributed by atoms with Gasteiger partial charge in [-0.15, -0.1) is 0 Å². The maximum Gasteiger partial charge on any atom is 0.124 e. The summed E-state index contributed by atoms with van der Waals surface area (Å²) in [5.74, 6) is 0.149. The van der Waals surface area contributed by atoms with Crippen molar-refractivity contribution in [3.63, 3.8) is 0 Å². The Balaban J connectivity index is 1.98. The van der Waals surface area contributed by atoms with Crippen LogP contribution in [0.15, 0.2) is 35.0 Å². The number of benzene rings is 1. The molecule has 1 aromatic carbocycles. The molecule has 1 heterocycles. The van der Waals surface area contributed by atoms with Gasteiger partial charge in [0, 0.05) is 23.8 Å². The van der Waals surface area contributed by atoms with Crippen LogP contribution in [-0.2, 0) is 6.54 Å². The molecule has 0 saturated heterocycles. The van der Waals surface area contributed by atoms with Crippen LogP contribution in [0, 0.1) is 12.3 Å². The molecule has 3 N–H and O–H groups in total. The number of thiophene rings is 1. The molecule has 0 bridgehead atoms. The van der Waals surface area contributed by atoms with Crippen LogP contribution in [0.4, 0.5) is 5.69 Å². The first-order chi connectivity index (χ1) is 9.65. The maximum atomic E-state index is 7.80. The van der Waals surface area contributed by atoms with Crippen molar-refractivity contribution in [2.24, 2.45) is 5.73 Å². The third-order valence-electron chi connectivity index (χ3n) is 3.67. The molecule has 3 nitrogen and oxygen atoms in total. The number of hydrogen-bond donors (Lipinski definition) is 2. The van der Waals surface area contributed by atoms with Gasteiger partial charge in [-0.1, -0.05) is 6.07 Å². The zero-order chi connectivity index (χ0) is 14.1. The zero-order valence-electron chi connectivity index (χ0n) is 11.6. The van der Waals surface area contributed by atoms with Gasteiger partial charge < -0.3 is 10.6 Å². The van der Waals surface area contributed by atoms with Gasteiger partial charge >= 0.3 is 0 Å². The second-order valence-electron chi connectivity index (χ2n) is 5.42. The summed E-state index contributed by atoms with van der Waals surface area (Å²) >= 11 is 1.73. The van der Waals surface area contributed by atoms with Crippen molar-refractivity contribution in [3.8, 4) is 0 Å². The summed E-state index contributed by atoms with van der Waals surface area (Å²) in [4.78, 5) is 2.41. The number of aryl methyl sites for hydroxylation is 1. The van der Waals surface area contributed by atoms with E-state index in [2.05, 4.69) is 34.7 Å². The number of hydrogen-bond acceptors (Lipinski definition) is 3. The Hall–Kier alpha value is -1.81. The van der Waals surface area contributed by atoms with E-state index >= 15 is 0 Å². The highest BCUT2D eigenvalue weighted by molar-refractivity contribution is 7.07. The van der Waals surface area contributed by atoms with Gasteiger partial charge in [-0.2, -0.15) is 11.3 Å². The third kappa shape index (κ3) is 2.70. The largest absolute Gasteiger partial charge is 0.384 e. The first kappa shape index (κ1) is 13.2. The van der Waals surface area contributed by atoms with E-state index in [4.69, 9.17) is 11.1 Å². The molecular formula is C16H19N3S. The van der Waals surface area contributed by atoms with Crippen LogP contribution in [-0.4, -0.2) is 11.9 Å². The van der Waals surface area contributed by atoms with Crippen LogP contribution in [0.5, 0.6) is 0 Å². The Labute approximate surface area is 123 Å². The number of rotatable bonds is 5. The molecule has 0 radical (unpaired) electrons. The Morgan fingerprint density at radius 2 is 2.20 bits per heavy atom. The van der Waals surface area contributed by atoms with Crippen molar-refractivity contribution < 1.29 is 0 Å². The number of nitrogens with two attached hydrogens (primary N) is 1. The van der Waals surface area contributed by atoms with E-state index in [-0.39, 0.29) is 5.84 Å². The van der Waals surface area contributed by atoms with Crippen molar-refractivity contribution >= 4 is 22.9 Å². The Bertz CT molecular complexity index is 615. The lowest BCUT2D eigenvalue weighted by Gasteiger charge is -2.27. The molecule has 1 aromatic heterocycles. The Morgan fingerprint density at radius 1 is 1.40 bits per heavy atom. The summed E-state index contributed by atoms with van der Waals surface area (Å²) in [5.41, 5.74) is 10.2. The van der Waals surface area contributed by atoms with Crippen LogP contribution in [0.1, 0.15) is 29.5 Å². The van der Waals surface area contributed by atoms with Crippen molar-refractivity contribution in [1.29, 1.82) is 5.41 Å². The minimum atomic E-state index is 0.149. The molecule has 0 spiro atoms. The van der Waals surface area contributed by atoms with Gasteiger partial charge in [-0.3, -0.25) is 5.41 Å². The molecule has 2 aromatic rings. The summed E-state index contributed by atoms with van der Waals surface area (Å²) in [6.07, 6.45) is 2.46. The highest BCUT2D eigenvalue weighted by Crippen LogP contribution is 2.35. The van der Waals surface area contributed by atoms with Crippen LogP contribution in [0.25, 0.3) is 0 Å². The smallest absolute Gasteiger partial charge is 0.124 e. The lowest BCUT2D eigenvalue weighted by Crippen LogP contribution is -2.28. The van der Waals surface area contributed by atoms with E-state index in [1.807, 2.05) is 12.1 Å². The molecule has 0 amide bonds. The summed E-state index contributed by atoms with van der Waals surface area (Å²) in [5, 5.41) is 12.1. The van der Waals surface area contributed by atoms with E-state index < -0.39 is 0 Å². The van der Waals surface area contributed by atoms with E-state index in [1.54, 1.807) is 11.3 Å². The predicted molar refractivity (Wildman–Crippen MR) is 85.7 cm³/mol. The monoisotopic (exact) mass is 285 g/mol. The topological polar surface area (TPSA) is 53.1 Å². The average Bonchev–Trinajstić information content (AvgIpc) is 3.12. The maximum absolute atomic E-state index is 7.80. The van der Waals surface area contributed by atoms with Gasteiger partial charge in [0.25, 0.3) is 0 Å². The molecule has 1 aliphatic rings. The van der Waals surface area contributed by atoms with Crippen molar-refractivity contribution in [2.75, 3.05) is 4.90 Å². The molecule has 0 unspecified atom stereocenters. The van der Waals surface area contributed by atoms with E-state index in [0.29, 0.717) is 6.04 Å². The number of anilines is 1. The SMILES string of the molecule is Cc1ccc(C(=N)N)c(N(Cc2ccsc2)C2CC2)c1. The van der Waals surface area contributed by atoms with Gasteiger partial charge in [0.15, 0.2) is 0 Å². The minimum absolute atomic E-state index is 0.149. The van der Waals surface area contributed by atoms with Crippen molar-refractivity contribution in [1.82, 2.24) is 0 Å². The summed E-state index contributed by atoms with van der Waals surface area (Å²) in [7, 11) is 0. The van der Waals surface area contributed by atoms with E-state index in [1.165, 1.54) is 24.0 Å². The lowest BCUT2D eigenvalue weighted by molar-refractivity contribution is 0.795. The van der Waals surface area contributed by atoms with Gasteiger partial charge in [0.1, 0.15) is 5.84 Å². The highest BCUT2D eigenvalue weighted by atomic mass is 32.1. The molecular weight excluding hydrogens is 266 g/mol. The first-order valence-electron chi connectivity index (χ1n) is 6.88. The summed E-state index contributed by atoms with van der Waals surface area (Å²) in [6, 6.07) is 8.91. The van der Waals surface area contributed by atoms with E-state index in [9.17, 15) is 0 Å². The molecule has 104 valence electrons. The lowest BCUT2D eigenvalue weighted by atomic mass is 10.1. The number of nitrogens with one attached hydrogen (secondary N) is 1. The van der Waals surface area contributed by atoms with Gasteiger partial charge in [0.05, 0.1) is 0 Å². The third-order valence-corrected chi connectivity index (χ3v) is 4.41. The fourth-order valence-corrected chi connectivity index (χ4v) is 3.14. The molecule has 20 heavy (non-hydrogen) atoms. The Morgan fingerprint density at radius 3 is 2.80 bits per heavy atom. The van der Waals surface area contributed by atoms with Gasteiger partial charge in [-0.05, 0) is 59.9 Å². The quantitative estimate of drug-likeness (QED) is 0.652. The zero-order valence-corrected chi connectivity index (χ0v) is 12.4. The van der Waals surface area contributed by atoms with Crippen LogP contribution >= 0.6 is 11.3 Å². The van der Waals surface area contributed by atoms with Gasteiger partial charge in [-0.25, -0.2) is 0 Å². The highest BCUT2D eigenvalue weighted by Gasteiger charge is 2.31. The minimum Gasteiger partial charge on any atom is -0.384 e. The molecule has 1 fully saturated rings. The molecule has 0 atom stereocenters. The van der Waals surface area contributed by atoms with Gasteiger partial charge in [0.2, 0.25) is 0 Å². The molecule has 1 aliphatic carbocycles. The fraction of sp³-hybridized carbons (Fsp3) is 0.312. The molecule has 3 rings (SSSR count). The first-order valence-corrected chi connectivity index (χ1v) is 7.82. The number of nitrogen functional groups attached to an aromatic ring is 1. The fourth-order valence-electron chi connectivity index (χ4n) is 2.48. The predicted octanol–water partition coefficient (Wildman–Crippen LogP) is 3.51. The average molecular weight is 285 g/mol. The Kier molecular flexibility index (Phi) is 3.49. The van der Waals surface area contributed by atoms with E-state index in [0.717, 1.165) is 17.8 Å². The number of amidine groups is 1. The normalized spacial score (nSPS) is 14.2. The van der Waals surface area contributed by atoms with Crippen molar-refractivity contribution in [2.45, 2.75) is 32.4 Å². The van der Waals surface area contributed by atoms with Crippen molar-refractivity contribution in [3.05, 3.63) is 51.7 Å². The second-order valence-corrected chi connectivity index (χ2v) is 6.20. The second kappa shape index (κ2) is 5.29.